The van der Waals surface area contributed by atoms with Crippen molar-refractivity contribution < 1.29 is 9.59 Å². The smallest absolute Gasteiger partial charge is 0.247 e. The van der Waals surface area contributed by atoms with E-state index >= 15 is 0 Å². The van der Waals surface area contributed by atoms with Crippen LogP contribution in [0.1, 0.15) is 51.4 Å². The maximum atomic E-state index is 12.4. The fourth-order valence-corrected chi connectivity index (χ4v) is 3.67. The lowest BCUT2D eigenvalue weighted by Crippen LogP contribution is -2.44. The molecule has 4 nitrogen and oxygen atoms in total. The molecule has 20 heavy (non-hydrogen) atoms. The first-order chi connectivity index (χ1) is 9.74. The Morgan fingerprint density at radius 2 is 1.95 bits per heavy atom. The van der Waals surface area contributed by atoms with Gasteiger partial charge in [0.05, 0.1) is 12.5 Å². The molecule has 2 fully saturated rings. The van der Waals surface area contributed by atoms with Crippen molar-refractivity contribution in [3.05, 3.63) is 0 Å². The van der Waals surface area contributed by atoms with E-state index in [1.807, 2.05) is 11.8 Å². The number of imide groups is 1. The third kappa shape index (κ3) is 3.98. The predicted molar refractivity (Wildman–Crippen MR) is 82.7 cm³/mol. The van der Waals surface area contributed by atoms with Gasteiger partial charge in [-0.25, -0.2) is 0 Å². The van der Waals surface area contributed by atoms with Crippen LogP contribution in [0.15, 0.2) is 0 Å². The average Bonchev–Trinajstić information content (AvgIpc) is 2.74. The van der Waals surface area contributed by atoms with Gasteiger partial charge < -0.3 is 5.32 Å². The molecule has 1 saturated heterocycles. The summed E-state index contributed by atoms with van der Waals surface area (Å²) in [5, 5.41) is 3.27. The predicted octanol–water partition coefficient (Wildman–Crippen LogP) is 2.18. The number of nitrogens with zero attached hydrogens (tertiary/aromatic N) is 1. The molecular weight excluding hydrogens is 272 g/mol. The first-order valence-electron chi connectivity index (χ1n) is 7.82. The van der Waals surface area contributed by atoms with Crippen LogP contribution in [0.3, 0.4) is 0 Å². The van der Waals surface area contributed by atoms with Gasteiger partial charge in [0.15, 0.2) is 0 Å². The molecule has 0 aromatic carbocycles. The van der Waals surface area contributed by atoms with Crippen molar-refractivity contribution in [2.24, 2.45) is 0 Å². The summed E-state index contributed by atoms with van der Waals surface area (Å²) in [6.07, 6.45) is 10.2. The highest BCUT2D eigenvalue weighted by molar-refractivity contribution is 7.98. The van der Waals surface area contributed by atoms with Crippen molar-refractivity contribution in [2.75, 3.05) is 18.6 Å². The number of thioether (sulfide) groups is 1. The summed E-state index contributed by atoms with van der Waals surface area (Å²) >= 11 is 1.85. The second-order valence-corrected chi connectivity index (χ2v) is 6.79. The number of unbranched alkanes of at least 4 members (excludes halogenated alkanes) is 1. The van der Waals surface area contributed by atoms with Crippen LogP contribution in [-0.2, 0) is 9.59 Å². The SMILES string of the molecule is CSCCCCNC1CC(=O)N(C2CCCCC2)C1=O. The standard InChI is InChI=1S/C15H26N2O2S/c1-20-10-6-5-9-16-13-11-14(18)17(15(13)19)12-7-3-2-4-8-12/h12-13,16H,2-11H2,1H3. The van der Waals surface area contributed by atoms with Crippen molar-refractivity contribution in [3.8, 4) is 0 Å². The van der Waals surface area contributed by atoms with Crippen molar-refractivity contribution in [3.63, 3.8) is 0 Å². The molecule has 1 unspecified atom stereocenters. The molecule has 1 aliphatic carbocycles. The highest BCUT2D eigenvalue weighted by Gasteiger charge is 2.41. The van der Waals surface area contributed by atoms with E-state index in [0.717, 1.165) is 50.8 Å². The molecule has 2 amide bonds. The maximum absolute atomic E-state index is 12.4. The zero-order valence-corrected chi connectivity index (χ0v) is 13.2. The van der Waals surface area contributed by atoms with Gasteiger partial charge in [0.1, 0.15) is 0 Å². The molecule has 1 saturated carbocycles. The van der Waals surface area contributed by atoms with Gasteiger partial charge >= 0.3 is 0 Å². The zero-order chi connectivity index (χ0) is 14.4. The minimum atomic E-state index is -0.265. The third-order valence-electron chi connectivity index (χ3n) is 4.29. The van der Waals surface area contributed by atoms with Crippen LogP contribution in [0.25, 0.3) is 0 Å². The van der Waals surface area contributed by atoms with Crippen molar-refractivity contribution >= 4 is 23.6 Å². The molecule has 0 radical (unpaired) electrons. The van der Waals surface area contributed by atoms with Crippen LogP contribution in [0.5, 0.6) is 0 Å². The Bertz CT molecular complexity index is 343. The largest absolute Gasteiger partial charge is 0.305 e. The Hall–Kier alpha value is -0.550. The molecule has 2 aliphatic rings. The van der Waals surface area contributed by atoms with Crippen LogP contribution in [0.2, 0.25) is 0 Å². The Labute approximate surface area is 126 Å². The summed E-state index contributed by atoms with van der Waals surface area (Å²) in [7, 11) is 0. The van der Waals surface area contributed by atoms with Gasteiger partial charge in [-0.2, -0.15) is 11.8 Å². The lowest BCUT2D eigenvalue weighted by atomic mass is 9.94. The third-order valence-corrected chi connectivity index (χ3v) is 4.99. The molecule has 1 atom stereocenters. The fourth-order valence-electron chi connectivity index (χ4n) is 3.18. The number of hydrogen-bond donors (Lipinski definition) is 1. The molecular formula is C15H26N2O2S. The molecule has 1 heterocycles. The quantitative estimate of drug-likeness (QED) is 0.578. The summed E-state index contributed by atoms with van der Waals surface area (Å²) in [5.41, 5.74) is 0. The number of amides is 2. The van der Waals surface area contributed by atoms with E-state index in [-0.39, 0.29) is 23.9 Å². The number of likely N-dealkylation sites (tertiary alicyclic amines) is 1. The normalized spacial score (nSPS) is 24.6. The van der Waals surface area contributed by atoms with Gasteiger partial charge in [0.2, 0.25) is 11.8 Å². The minimum Gasteiger partial charge on any atom is -0.305 e. The van der Waals surface area contributed by atoms with E-state index in [4.69, 9.17) is 0 Å². The lowest BCUT2D eigenvalue weighted by Gasteiger charge is -2.29. The van der Waals surface area contributed by atoms with Crippen LogP contribution in [-0.4, -0.2) is 47.4 Å². The van der Waals surface area contributed by atoms with E-state index in [1.165, 1.54) is 6.42 Å². The summed E-state index contributed by atoms with van der Waals surface area (Å²) in [4.78, 5) is 26.0. The summed E-state index contributed by atoms with van der Waals surface area (Å²) in [6, 6.07) is -0.0919. The molecule has 114 valence electrons. The molecule has 0 spiro atoms. The van der Waals surface area contributed by atoms with Crippen LogP contribution >= 0.6 is 11.8 Å². The van der Waals surface area contributed by atoms with Gasteiger partial charge in [0.25, 0.3) is 0 Å². The van der Waals surface area contributed by atoms with Crippen LogP contribution in [0, 0.1) is 0 Å². The molecule has 0 bridgehead atoms. The second kappa shape index (κ2) is 8.03. The highest BCUT2D eigenvalue weighted by Crippen LogP contribution is 2.27. The summed E-state index contributed by atoms with van der Waals surface area (Å²) in [5.74, 6) is 1.21. The van der Waals surface area contributed by atoms with E-state index in [9.17, 15) is 9.59 Å². The Morgan fingerprint density at radius 1 is 1.20 bits per heavy atom. The van der Waals surface area contributed by atoms with Crippen molar-refractivity contribution in [2.45, 2.75) is 63.5 Å². The van der Waals surface area contributed by atoms with Crippen LogP contribution < -0.4 is 5.32 Å². The van der Waals surface area contributed by atoms with Crippen molar-refractivity contribution in [1.82, 2.24) is 10.2 Å². The first kappa shape index (κ1) is 15.8. The minimum absolute atomic E-state index is 0.0202. The lowest BCUT2D eigenvalue weighted by molar-refractivity contribution is -0.142. The summed E-state index contributed by atoms with van der Waals surface area (Å²) in [6.45, 7) is 0.836. The topological polar surface area (TPSA) is 49.4 Å². The molecule has 5 heteroatoms. The van der Waals surface area contributed by atoms with Gasteiger partial charge in [-0.1, -0.05) is 19.3 Å². The molecule has 1 N–H and O–H groups in total. The molecule has 0 aromatic heterocycles. The highest BCUT2D eigenvalue weighted by atomic mass is 32.2. The molecule has 0 aromatic rings. The maximum Gasteiger partial charge on any atom is 0.247 e. The number of hydrogen-bond acceptors (Lipinski definition) is 4. The van der Waals surface area contributed by atoms with E-state index in [0.29, 0.717) is 6.42 Å². The van der Waals surface area contributed by atoms with Crippen LogP contribution in [0.4, 0.5) is 0 Å². The Kier molecular flexibility index (Phi) is 6.36. The van der Waals surface area contributed by atoms with E-state index in [1.54, 1.807) is 4.90 Å². The van der Waals surface area contributed by atoms with Gasteiger partial charge in [-0.05, 0) is 44.2 Å². The monoisotopic (exact) mass is 298 g/mol. The molecule has 1 aliphatic heterocycles. The first-order valence-corrected chi connectivity index (χ1v) is 9.21. The second-order valence-electron chi connectivity index (χ2n) is 5.80. The molecule has 2 rings (SSSR count). The Balaban J connectivity index is 1.78. The summed E-state index contributed by atoms with van der Waals surface area (Å²) < 4.78 is 0. The van der Waals surface area contributed by atoms with E-state index < -0.39 is 0 Å². The van der Waals surface area contributed by atoms with E-state index in [2.05, 4.69) is 11.6 Å². The van der Waals surface area contributed by atoms with Crippen molar-refractivity contribution in [1.29, 1.82) is 0 Å². The number of nitrogens with one attached hydrogen (secondary N) is 1. The number of rotatable bonds is 7. The fraction of sp³-hybridized carbons (Fsp3) is 0.867. The number of carbonyl (C=O) groups is 2. The zero-order valence-electron chi connectivity index (χ0n) is 12.4. The number of carbonyl (C=O) groups excluding carboxylic acids is 2. The Morgan fingerprint density at radius 3 is 2.65 bits per heavy atom. The van der Waals surface area contributed by atoms with Gasteiger partial charge in [-0.15, -0.1) is 0 Å². The van der Waals surface area contributed by atoms with Gasteiger partial charge in [-0.3, -0.25) is 14.5 Å². The van der Waals surface area contributed by atoms with Gasteiger partial charge in [0, 0.05) is 6.04 Å². The average molecular weight is 298 g/mol.